The molecule has 8 nitrogen and oxygen atoms in total. The van der Waals surface area contributed by atoms with Crippen LogP contribution in [-0.4, -0.2) is 54.2 Å². The minimum Gasteiger partial charge on any atom is -0.488 e. The Morgan fingerprint density at radius 3 is 2.52 bits per heavy atom. The van der Waals surface area contributed by atoms with Crippen molar-refractivity contribution in [2.45, 2.75) is 18.4 Å². The van der Waals surface area contributed by atoms with Gasteiger partial charge in [0.05, 0.1) is 4.91 Å². The van der Waals surface area contributed by atoms with E-state index in [0.29, 0.717) is 10.7 Å². The average molecular weight is 445 g/mol. The normalized spacial score (nSPS) is 20.3. The molecule has 2 heterocycles. The Bertz CT molecular complexity index is 898. The van der Waals surface area contributed by atoms with Gasteiger partial charge in [0.15, 0.2) is 0 Å². The summed E-state index contributed by atoms with van der Waals surface area (Å²) in [5.74, 6) is -0.958. The summed E-state index contributed by atoms with van der Waals surface area (Å²) in [6.45, 7) is 8.73. The number of ether oxygens (including phenoxy) is 4. The van der Waals surface area contributed by atoms with Crippen LogP contribution in [0, 0.1) is 5.92 Å². The second-order valence-corrected chi connectivity index (χ2v) is 7.89. The molecule has 0 aromatic heterocycles. The molecule has 3 rings (SSSR count). The zero-order chi connectivity index (χ0) is 22.4. The number of carbonyl (C=O) groups is 3. The highest BCUT2D eigenvalue weighted by atomic mass is 32.2. The van der Waals surface area contributed by atoms with E-state index in [1.807, 2.05) is 18.2 Å². The zero-order valence-electron chi connectivity index (χ0n) is 17.0. The molecule has 1 aromatic carbocycles. The maximum atomic E-state index is 12.9. The predicted molar refractivity (Wildman–Crippen MR) is 114 cm³/mol. The van der Waals surface area contributed by atoms with Crippen molar-refractivity contribution in [1.82, 2.24) is 4.90 Å². The molecule has 0 bridgehead atoms. The van der Waals surface area contributed by atoms with Gasteiger partial charge in [0.2, 0.25) is 5.91 Å². The number of thioether (sulfide) groups is 1. The first-order chi connectivity index (χ1) is 15.0. The first-order valence-electron chi connectivity index (χ1n) is 9.61. The van der Waals surface area contributed by atoms with E-state index in [4.69, 9.17) is 18.9 Å². The van der Waals surface area contributed by atoms with Crippen molar-refractivity contribution in [1.29, 1.82) is 0 Å². The van der Waals surface area contributed by atoms with Crippen molar-refractivity contribution in [3.63, 3.8) is 0 Å². The number of amides is 1. The third-order valence-electron chi connectivity index (χ3n) is 4.60. The molecule has 1 aromatic rings. The van der Waals surface area contributed by atoms with Crippen molar-refractivity contribution in [3.8, 4) is 5.75 Å². The minimum atomic E-state index is -0.882. The highest BCUT2D eigenvalue weighted by Gasteiger charge is 2.59. The van der Waals surface area contributed by atoms with Gasteiger partial charge in [-0.2, -0.15) is 0 Å². The Balaban J connectivity index is 1.73. The number of esters is 1. The maximum Gasteiger partial charge on any atom is 0.508 e. The molecule has 0 N–H and O–H groups in total. The number of hydrogen-bond donors (Lipinski definition) is 0. The Labute approximate surface area is 184 Å². The van der Waals surface area contributed by atoms with E-state index in [2.05, 4.69) is 13.2 Å². The standard InChI is InChI=1S/C22H23NO7S/c1-4-11-27-21(25)18-16(13-29-15-9-7-6-8-10-15)31-20-17(19(24)23(18)20)14(3)30-22(26)28-12-5-2/h4-10,14,17,20H,1-2,11-13H2,3H3/t14-,17+,20-/m1/s1. The molecule has 164 valence electrons. The number of β-lactam (4-membered cyclic amide) rings is 1. The van der Waals surface area contributed by atoms with Gasteiger partial charge in [-0.15, -0.1) is 0 Å². The third-order valence-corrected chi connectivity index (χ3v) is 5.94. The molecule has 0 spiro atoms. The smallest absolute Gasteiger partial charge is 0.488 e. The van der Waals surface area contributed by atoms with Crippen LogP contribution in [0.4, 0.5) is 4.79 Å². The van der Waals surface area contributed by atoms with Gasteiger partial charge in [0, 0.05) is 0 Å². The largest absolute Gasteiger partial charge is 0.508 e. The Morgan fingerprint density at radius 2 is 1.84 bits per heavy atom. The summed E-state index contributed by atoms with van der Waals surface area (Å²) in [7, 11) is 0. The highest BCUT2D eigenvalue weighted by Crippen LogP contribution is 2.51. The van der Waals surface area contributed by atoms with Crippen LogP contribution in [-0.2, 0) is 23.8 Å². The molecule has 3 atom stereocenters. The SMILES string of the molecule is C=CCOC(=O)O[C@H](C)[C@H]1C(=O)N2C(C(=O)OCC=C)=C(COc3ccccc3)S[C@H]12. The molecule has 31 heavy (non-hydrogen) atoms. The molecular weight excluding hydrogens is 422 g/mol. The lowest BCUT2D eigenvalue weighted by Gasteiger charge is -2.44. The number of rotatable bonds is 10. The molecule has 0 saturated carbocycles. The molecule has 1 fully saturated rings. The molecule has 2 aliphatic heterocycles. The second-order valence-electron chi connectivity index (χ2n) is 6.68. The number of carbonyl (C=O) groups excluding carboxylic acids is 3. The number of fused-ring (bicyclic) bond motifs is 1. The summed E-state index contributed by atoms with van der Waals surface area (Å²) in [5, 5.41) is -0.407. The summed E-state index contributed by atoms with van der Waals surface area (Å²) >= 11 is 1.32. The first kappa shape index (κ1) is 22.5. The van der Waals surface area contributed by atoms with E-state index in [-0.39, 0.29) is 31.4 Å². The van der Waals surface area contributed by atoms with E-state index < -0.39 is 29.5 Å². The fraction of sp³-hybridized carbons (Fsp3) is 0.318. The van der Waals surface area contributed by atoms with Crippen molar-refractivity contribution in [3.05, 3.63) is 66.2 Å². The molecule has 0 unspecified atom stereocenters. The van der Waals surface area contributed by atoms with Gasteiger partial charge in [0.25, 0.3) is 0 Å². The number of benzene rings is 1. The van der Waals surface area contributed by atoms with Crippen LogP contribution >= 0.6 is 11.8 Å². The fourth-order valence-electron chi connectivity index (χ4n) is 3.19. The lowest BCUT2D eigenvalue weighted by atomic mass is 9.92. The van der Waals surface area contributed by atoms with E-state index in [1.165, 1.54) is 28.8 Å². The first-order valence-corrected chi connectivity index (χ1v) is 10.5. The minimum absolute atomic E-state index is 0.0102. The maximum absolute atomic E-state index is 12.9. The number of hydrogen-bond acceptors (Lipinski definition) is 8. The van der Waals surface area contributed by atoms with Gasteiger partial charge in [-0.25, -0.2) is 9.59 Å². The topological polar surface area (TPSA) is 91.4 Å². The van der Waals surface area contributed by atoms with Gasteiger partial charge in [-0.3, -0.25) is 9.69 Å². The zero-order valence-corrected chi connectivity index (χ0v) is 17.8. The molecule has 0 radical (unpaired) electrons. The van der Waals surface area contributed by atoms with Gasteiger partial charge in [0.1, 0.15) is 48.7 Å². The predicted octanol–water partition coefficient (Wildman–Crippen LogP) is 3.27. The Morgan fingerprint density at radius 1 is 1.16 bits per heavy atom. The van der Waals surface area contributed by atoms with Crippen LogP contribution in [0.15, 0.2) is 66.2 Å². The van der Waals surface area contributed by atoms with Crippen LogP contribution in [0.3, 0.4) is 0 Å². The Kier molecular flexibility index (Phi) is 7.41. The van der Waals surface area contributed by atoms with Crippen LogP contribution in [0.5, 0.6) is 5.75 Å². The van der Waals surface area contributed by atoms with Crippen molar-refractivity contribution in [2.75, 3.05) is 19.8 Å². The molecular formula is C22H23NO7S. The summed E-state index contributed by atoms with van der Waals surface area (Å²) in [5.41, 5.74) is 0.149. The summed E-state index contributed by atoms with van der Waals surface area (Å²) in [6, 6.07) is 9.13. The molecule has 9 heteroatoms. The van der Waals surface area contributed by atoms with Crippen LogP contribution in [0.25, 0.3) is 0 Å². The van der Waals surface area contributed by atoms with Gasteiger partial charge >= 0.3 is 12.1 Å². The monoisotopic (exact) mass is 445 g/mol. The van der Waals surface area contributed by atoms with Crippen molar-refractivity contribution in [2.24, 2.45) is 5.92 Å². The molecule has 1 saturated heterocycles. The van der Waals surface area contributed by atoms with Gasteiger partial charge in [-0.05, 0) is 19.1 Å². The van der Waals surface area contributed by atoms with Crippen LogP contribution in [0.2, 0.25) is 0 Å². The number of nitrogens with zero attached hydrogens (tertiary/aromatic N) is 1. The highest BCUT2D eigenvalue weighted by molar-refractivity contribution is 8.04. The van der Waals surface area contributed by atoms with E-state index in [1.54, 1.807) is 19.1 Å². The lowest BCUT2D eigenvalue weighted by molar-refractivity contribution is -0.158. The van der Waals surface area contributed by atoms with E-state index in [9.17, 15) is 14.4 Å². The summed E-state index contributed by atoms with van der Waals surface area (Å²) in [4.78, 5) is 39.2. The van der Waals surface area contributed by atoms with Gasteiger partial charge < -0.3 is 18.9 Å². The van der Waals surface area contributed by atoms with Crippen molar-refractivity contribution >= 4 is 29.8 Å². The number of para-hydroxylation sites is 1. The molecule has 0 aliphatic carbocycles. The second kappa shape index (κ2) is 10.2. The van der Waals surface area contributed by atoms with Crippen LogP contribution in [0.1, 0.15) is 6.92 Å². The van der Waals surface area contributed by atoms with E-state index in [0.717, 1.165) is 0 Å². The molecule has 1 amide bonds. The summed E-state index contributed by atoms with van der Waals surface area (Å²) in [6.07, 6.45) is 1.24. The van der Waals surface area contributed by atoms with Crippen molar-refractivity contribution < 1.29 is 33.3 Å². The quantitative estimate of drug-likeness (QED) is 0.308. The summed E-state index contributed by atoms with van der Waals surface area (Å²) < 4.78 is 21.0. The third kappa shape index (κ3) is 4.93. The van der Waals surface area contributed by atoms with Gasteiger partial charge in [-0.1, -0.05) is 55.3 Å². The average Bonchev–Trinajstić information content (AvgIpc) is 3.09. The molecule has 2 aliphatic rings. The van der Waals surface area contributed by atoms with Crippen LogP contribution < -0.4 is 4.74 Å². The Hall–Kier alpha value is -3.20. The lowest BCUT2D eigenvalue weighted by Crippen LogP contribution is -2.61. The van der Waals surface area contributed by atoms with E-state index >= 15 is 0 Å². The fourth-order valence-corrected chi connectivity index (χ4v) is 4.70.